The second kappa shape index (κ2) is 8.91. The van der Waals surface area contributed by atoms with Gasteiger partial charge in [0.15, 0.2) is 0 Å². The Bertz CT molecular complexity index is 883. The van der Waals surface area contributed by atoms with Gasteiger partial charge in [-0.1, -0.05) is 36.4 Å². The van der Waals surface area contributed by atoms with Crippen LogP contribution in [-0.2, 0) is 30.5 Å². The largest absolute Gasteiger partial charge is 0.442 e. The van der Waals surface area contributed by atoms with Gasteiger partial charge >= 0.3 is 12.1 Å². The highest BCUT2D eigenvalue weighted by Gasteiger charge is 2.56. The molecule has 2 fully saturated rings. The lowest BCUT2D eigenvalue weighted by Gasteiger charge is -2.21. The molecule has 0 bridgehead atoms. The van der Waals surface area contributed by atoms with Gasteiger partial charge in [0.2, 0.25) is 0 Å². The number of hydroxylamine groups is 2. The van der Waals surface area contributed by atoms with E-state index in [0.29, 0.717) is 30.9 Å². The van der Waals surface area contributed by atoms with Crippen LogP contribution in [0.2, 0.25) is 0 Å². The molecule has 0 aromatic heterocycles. The first-order valence-corrected chi connectivity index (χ1v) is 10.6. The van der Waals surface area contributed by atoms with Crippen LogP contribution in [0.3, 0.4) is 0 Å². The van der Waals surface area contributed by atoms with E-state index in [1.165, 1.54) is 4.90 Å². The number of imide groups is 1. The lowest BCUT2D eigenvalue weighted by Crippen LogP contribution is -2.33. The fourth-order valence-corrected chi connectivity index (χ4v) is 4.40. The molecule has 3 aliphatic rings. The highest BCUT2D eigenvalue weighted by Crippen LogP contribution is 2.53. The van der Waals surface area contributed by atoms with Crippen molar-refractivity contribution in [3.05, 3.63) is 48.0 Å². The van der Waals surface area contributed by atoms with E-state index in [1.807, 2.05) is 42.5 Å². The first-order chi connectivity index (χ1) is 14.9. The summed E-state index contributed by atoms with van der Waals surface area (Å²) in [6, 6.07) is 9.69. The molecule has 3 amide bonds. The van der Waals surface area contributed by atoms with Crippen molar-refractivity contribution in [2.75, 3.05) is 7.05 Å². The number of fused-ring (bicyclic) bond motifs is 1. The SMILES string of the molecule is CN(Cc1ccccc1)C(=O)O[C@H]1/C=C/C[C@@H]2[C@H](CC1)[C@@H]2C(=O)ON1C(=O)CCC1=O. The summed E-state index contributed by atoms with van der Waals surface area (Å²) in [5.41, 5.74) is 1.02. The van der Waals surface area contributed by atoms with Crippen molar-refractivity contribution in [3.8, 4) is 0 Å². The Morgan fingerprint density at radius 3 is 2.48 bits per heavy atom. The fourth-order valence-electron chi connectivity index (χ4n) is 4.40. The second-order valence-electron chi connectivity index (χ2n) is 8.35. The minimum Gasteiger partial charge on any atom is -0.442 e. The van der Waals surface area contributed by atoms with Gasteiger partial charge in [-0.25, -0.2) is 9.59 Å². The molecule has 1 saturated heterocycles. The van der Waals surface area contributed by atoms with Crippen LogP contribution < -0.4 is 0 Å². The van der Waals surface area contributed by atoms with Gasteiger partial charge in [0.25, 0.3) is 11.8 Å². The molecule has 0 radical (unpaired) electrons. The van der Waals surface area contributed by atoms with Gasteiger partial charge in [-0.3, -0.25) is 9.59 Å². The summed E-state index contributed by atoms with van der Waals surface area (Å²) in [5, 5.41) is 0.609. The van der Waals surface area contributed by atoms with Crippen LogP contribution in [0.15, 0.2) is 42.5 Å². The number of allylic oxidation sites excluding steroid dienone is 1. The standard InChI is InChI=1S/C23H26N2O6/c1-24(14-15-6-3-2-4-7-15)23(29)30-16-8-5-9-17-18(11-10-16)21(17)22(28)31-25-19(26)12-13-20(25)27/h2-8,16-18,21H,9-14H2,1H3/b8-5+/t16-,17+,18-,21+/m0/s1. The zero-order valence-electron chi connectivity index (χ0n) is 17.4. The highest BCUT2D eigenvalue weighted by atomic mass is 16.7. The van der Waals surface area contributed by atoms with Crippen LogP contribution in [0.5, 0.6) is 0 Å². The van der Waals surface area contributed by atoms with Gasteiger partial charge in [0.05, 0.1) is 5.92 Å². The van der Waals surface area contributed by atoms with E-state index in [-0.39, 0.29) is 36.7 Å². The molecule has 4 atom stereocenters. The number of rotatable bonds is 5. The van der Waals surface area contributed by atoms with Gasteiger partial charge in [0, 0.05) is 26.4 Å². The Kier molecular flexibility index (Phi) is 6.06. The molecular weight excluding hydrogens is 400 g/mol. The summed E-state index contributed by atoms with van der Waals surface area (Å²) in [5.74, 6) is -1.56. The molecule has 2 aliphatic carbocycles. The number of hydrogen-bond acceptors (Lipinski definition) is 6. The van der Waals surface area contributed by atoms with E-state index in [9.17, 15) is 19.2 Å². The topological polar surface area (TPSA) is 93.2 Å². The smallest absolute Gasteiger partial charge is 0.410 e. The molecule has 1 saturated carbocycles. The van der Waals surface area contributed by atoms with E-state index in [2.05, 4.69) is 0 Å². The van der Waals surface area contributed by atoms with Crippen LogP contribution in [-0.4, -0.2) is 47.0 Å². The maximum atomic E-state index is 12.5. The zero-order chi connectivity index (χ0) is 22.0. The van der Waals surface area contributed by atoms with Crippen molar-refractivity contribution in [1.29, 1.82) is 0 Å². The third kappa shape index (κ3) is 4.78. The van der Waals surface area contributed by atoms with Crippen molar-refractivity contribution >= 4 is 23.9 Å². The van der Waals surface area contributed by atoms with Gasteiger partial charge in [-0.15, -0.1) is 5.06 Å². The number of ether oxygens (including phenoxy) is 1. The molecule has 0 N–H and O–H groups in total. The van der Waals surface area contributed by atoms with Crippen molar-refractivity contribution < 1.29 is 28.8 Å². The predicted molar refractivity (Wildman–Crippen MR) is 109 cm³/mol. The van der Waals surface area contributed by atoms with E-state index >= 15 is 0 Å². The molecule has 31 heavy (non-hydrogen) atoms. The Balaban J connectivity index is 1.27. The number of carbonyl (C=O) groups excluding carboxylic acids is 4. The quantitative estimate of drug-likeness (QED) is 0.531. The summed E-state index contributed by atoms with van der Waals surface area (Å²) in [7, 11) is 1.70. The summed E-state index contributed by atoms with van der Waals surface area (Å²) < 4.78 is 5.65. The fraction of sp³-hybridized carbons (Fsp3) is 0.478. The minimum atomic E-state index is -0.523. The summed E-state index contributed by atoms with van der Waals surface area (Å²) in [4.78, 5) is 54.9. The van der Waals surface area contributed by atoms with Crippen molar-refractivity contribution in [2.24, 2.45) is 17.8 Å². The van der Waals surface area contributed by atoms with Gasteiger partial charge in [-0.05, 0) is 42.7 Å². The molecule has 1 heterocycles. The first-order valence-electron chi connectivity index (χ1n) is 10.6. The average molecular weight is 426 g/mol. The van der Waals surface area contributed by atoms with E-state index in [0.717, 1.165) is 5.56 Å². The van der Waals surface area contributed by atoms with Gasteiger partial charge in [0.1, 0.15) is 6.10 Å². The Hall–Kier alpha value is -3.16. The minimum absolute atomic E-state index is 0.0815. The predicted octanol–water partition coefficient (Wildman–Crippen LogP) is 2.83. The van der Waals surface area contributed by atoms with Crippen LogP contribution in [0.1, 0.15) is 37.7 Å². The summed E-state index contributed by atoms with van der Waals surface area (Å²) in [6.45, 7) is 0.461. The van der Waals surface area contributed by atoms with Crippen molar-refractivity contribution in [3.63, 3.8) is 0 Å². The molecule has 4 rings (SSSR count). The molecule has 1 aromatic carbocycles. The Labute approximate surface area is 180 Å². The number of carbonyl (C=O) groups is 4. The maximum Gasteiger partial charge on any atom is 0.410 e. The van der Waals surface area contributed by atoms with Crippen LogP contribution in [0, 0.1) is 17.8 Å². The number of amides is 3. The maximum absolute atomic E-state index is 12.5. The number of hydrogen-bond donors (Lipinski definition) is 0. The molecule has 0 unspecified atom stereocenters. The summed E-state index contributed by atoms with van der Waals surface area (Å²) in [6.07, 6.45) is 5.20. The van der Waals surface area contributed by atoms with Crippen molar-refractivity contribution in [1.82, 2.24) is 9.96 Å². The van der Waals surface area contributed by atoms with Crippen LogP contribution in [0.4, 0.5) is 4.79 Å². The van der Waals surface area contributed by atoms with Gasteiger partial charge in [-0.2, -0.15) is 0 Å². The average Bonchev–Trinajstić information content (AvgIpc) is 3.34. The molecule has 1 aromatic rings. The monoisotopic (exact) mass is 426 g/mol. The summed E-state index contributed by atoms with van der Waals surface area (Å²) >= 11 is 0. The third-order valence-corrected chi connectivity index (χ3v) is 6.16. The Morgan fingerprint density at radius 1 is 1.06 bits per heavy atom. The van der Waals surface area contributed by atoms with Gasteiger partial charge < -0.3 is 14.5 Å². The zero-order valence-corrected chi connectivity index (χ0v) is 17.4. The molecular formula is C23H26N2O6. The number of benzene rings is 1. The lowest BCUT2D eigenvalue weighted by molar-refractivity contribution is -0.199. The highest BCUT2D eigenvalue weighted by molar-refractivity contribution is 6.01. The van der Waals surface area contributed by atoms with E-state index in [4.69, 9.17) is 9.57 Å². The molecule has 164 valence electrons. The molecule has 1 aliphatic heterocycles. The Morgan fingerprint density at radius 2 is 1.77 bits per heavy atom. The number of nitrogens with zero attached hydrogens (tertiary/aromatic N) is 2. The molecule has 8 heteroatoms. The second-order valence-corrected chi connectivity index (χ2v) is 8.35. The normalized spacial score (nSPS) is 28.2. The third-order valence-electron chi connectivity index (χ3n) is 6.16. The first kappa shape index (κ1) is 21.1. The van der Waals surface area contributed by atoms with E-state index in [1.54, 1.807) is 7.05 Å². The van der Waals surface area contributed by atoms with Crippen LogP contribution in [0.25, 0.3) is 0 Å². The molecule has 8 nitrogen and oxygen atoms in total. The van der Waals surface area contributed by atoms with Crippen molar-refractivity contribution in [2.45, 2.75) is 44.8 Å². The molecule has 0 spiro atoms. The lowest BCUT2D eigenvalue weighted by atomic mass is 10.0. The van der Waals surface area contributed by atoms with Crippen LogP contribution >= 0.6 is 0 Å². The van der Waals surface area contributed by atoms with E-state index < -0.39 is 23.9 Å².